The van der Waals surface area contributed by atoms with Gasteiger partial charge in [0.25, 0.3) is 5.91 Å². The predicted molar refractivity (Wildman–Crippen MR) is 156 cm³/mol. The number of nitrogens with zero attached hydrogens (tertiary/aromatic N) is 4. The molecule has 1 fully saturated rings. The second-order valence-corrected chi connectivity index (χ2v) is 10.3. The monoisotopic (exact) mass is 575 g/mol. The molecule has 1 unspecified atom stereocenters. The van der Waals surface area contributed by atoms with E-state index >= 15 is 0 Å². The Bertz CT molecular complexity index is 1600. The molecule has 1 saturated heterocycles. The van der Waals surface area contributed by atoms with Crippen LogP contribution in [0.3, 0.4) is 0 Å². The van der Waals surface area contributed by atoms with E-state index in [2.05, 4.69) is 20.6 Å². The van der Waals surface area contributed by atoms with Crippen molar-refractivity contribution in [2.75, 3.05) is 38.6 Å². The smallest absolute Gasteiger partial charge is 0.254 e. The Morgan fingerprint density at radius 2 is 1.98 bits per heavy atom. The molecule has 3 heterocycles. The van der Waals surface area contributed by atoms with Crippen LogP contribution in [0.15, 0.2) is 55.0 Å². The summed E-state index contributed by atoms with van der Waals surface area (Å²) in [4.78, 5) is 36.4. The molecule has 0 aliphatic carbocycles. The van der Waals surface area contributed by atoms with Crippen LogP contribution in [0.2, 0.25) is 0 Å². The second kappa shape index (κ2) is 12.5. The first kappa shape index (κ1) is 29.0. The van der Waals surface area contributed by atoms with E-state index in [1.807, 2.05) is 23.5 Å². The number of piperidine rings is 1. The summed E-state index contributed by atoms with van der Waals surface area (Å²) < 4.78 is 21.2. The Hall–Kier alpha value is -4.55. The van der Waals surface area contributed by atoms with Crippen LogP contribution >= 0.6 is 0 Å². The Balaban J connectivity index is 1.26. The number of anilines is 2. The van der Waals surface area contributed by atoms with E-state index in [-0.39, 0.29) is 36.6 Å². The molecule has 5 N–H and O–H groups in total. The van der Waals surface area contributed by atoms with Crippen LogP contribution < -0.4 is 21.1 Å². The van der Waals surface area contributed by atoms with E-state index in [0.717, 1.165) is 11.3 Å². The molecule has 42 heavy (non-hydrogen) atoms. The Kier molecular flexibility index (Phi) is 8.64. The third kappa shape index (κ3) is 6.04. The van der Waals surface area contributed by atoms with Gasteiger partial charge in [-0.2, -0.15) is 0 Å². The number of methoxy groups -OCH3 is 1. The van der Waals surface area contributed by atoms with Gasteiger partial charge in [-0.05, 0) is 61.7 Å². The molecule has 5 rings (SSSR count). The number of carbonyl (C=O) groups is 2. The van der Waals surface area contributed by atoms with E-state index in [1.54, 1.807) is 41.7 Å². The number of carbonyl (C=O) groups excluding carboxylic acids is 2. The van der Waals surface area contributed by atoms with Crippen LogP contribution in [0.4, 0.5) is 15.9 Å². The molecule has 0 saturated carbocycles. The highest BCUT2D eigenvalue weighted by Gasteiger charge is 2.28. The SMILES string of the molecule is COc1ccc(-c2cnc3c(Nc4ccc(C(=O)N5CCC(C(=O)NCC(O)CN)CC5)c(C)c4)nccn23)cc1F. The molecule has 4 aromatic rings. The molecule has 2 aromatic heterocycles. The summed E-state index contributed by atoms with van der Waals surface area (Å²) >= 11 is 0. The third-order valence-corrected chi connectivity index (χ3v) is 7.53. The van der Waals surface area contributed by atoms with Gasteiger partial charge in [-0.3, -0.25) is 14.0 Å². The van der Waals surface area contributed by atoms with Crippen LogP contribution in [0.1, 0.15) is 28.8 Å². The van der Waals surface area contributed by atoms with Gasteiger partial charge in [0.2, 0.25) is 5.91 Å². The normalized spacial score (nSPS) is 14.5. The average Bonchev–Trinajstić information content (AvgIpc) is 3.45. The van der Waals surface area contributed by atoms with E-state index in [4.69, 9.17) is 10.5 Å². The van der Waals surface area contributed by atoms with Crippen molar-refractivity contribution in [3.05, 3.63) is 71.9 Å². The zero-order valence-electron chi connectivity index (χ0n) is 23.5. The molecule has 1 atom stereocenters. The van der Waals surface area contributed by atoms with Crippen molar-refractivity contribution in [3.8, 4) is 17.0 Å². The molecular weight excluding hydrogens is 541 g/mol. The lowest BCUT2D eigenvalue weighted by Crippen LogP contribution is -2.45. The number of fused-ring (bicyclic) bond motifs is 1. The summed E-state index contributed by atoms with van der Waals surface area (Å²) in [6, 6.07) is 10.2. The van der Waals surface area contributed by atoms with Crippen LogP contribution in [-0.4, -0.2) is 75.6 Å². The summed E-state index contributed by atoms with van der Waals surface area (Å²) in [6.07, 6.45) is 5.40. The number of rotatable bonds is 9. The summed E-state index contributed by atoms with van der Waals surface area (Å²) in [7, 11) is 1.42. The maximum atomic E-state index is 14.3. The quantitative estimate of drug-likeness (QED) is 0.238. The standard InChI is InChI=1S/C30H34FN7O4/c1-18-13-21(4-5-23(18)30(41)37-10-7-19(8-11-37)29(40)35-16-22(39)15-32)36-27-28-34-17-25(38(28)12-9-33-27)20-3-6-26(42-2)24(31)14-20/h3-6,9,12-14,17,19,22,39H,7-8,10-11,15-16,32H2,1-2H3,(H,33,36)(H,35,40). The van der Waals surface area contributed by atoms with Crippen molar-refractivity contribution in [2.24, 2.45) is 11.7 Å². The van der Waals surface area contributed by atoms with Gasteiger partial charge in [0.15, 0.2) is 23.0 Å². The van der Waals surface area contributed by atoms with Gasteiger partial charge in [0, 0.05) is 61.3 Å². The van der Waals surface area contributed by atoms with Gasteiger partial charge in [-0.25, -0.2) is 14.4 Å². The Morgan fingerprint density at radius 3 is 2.67 bits per heavy atom. The maximum absolute atomic E-state index is 14.3. The zero-order valence-corrected chi connectivity index (χ0v) is 23.5. The fraction of sp³-hybridized carbons (Fsp3) is 0.333. The molecule has 1 aliphatic heterocycles. The lowest BCUT2D eigenvalue weighted by Gasteiger charge is -2.32. The number of likely N-dealkylation sites (tertiary alicyclic amines) is 1. The molecule has 220 valence electrons. The van der Waals surface area contributed by atoms with Gasteiger partial charge >= 0.3 is 0 Å². The molecule has 2 aromatic carbocycles. The second-order valence-electron chi connectivity index (χ2n) is 10.3. The lowest BCUT2D eigenvalue weighted by atomic mass is 9.95. The first-order valence-corrected chi connectivity index (χ1v) is 13.8. The van der Waals surface area contributed by atoms with E-state index in [1.165, 1.54) is 13.2 Å². The van der Waals surface area contributed by atoms with E-state index < -0.39 is 11.9 Å². The van der Waals surface area contributed by atoms with Crippen LogP contribution in [0, 0.1) is 18.7 Å². The molecule has 0 radical (unpaired) electrons. The summed E-state index contributed by atoms with van der Waals surface area (Å²) in [5.74, 6) is -0.186. The van der Waals surface area contributed by atoms with Crippen molar-refractivity contribution in [2.45, 2.75) is 25.9 Å². The van der Waals surface area contributed by atoms with Crippen LogP contribution in [0.5, 0.6) is 5.75 Å². The number of aryl methyl sites for hydroxylation is 1. The summed E-state index contributed by atoms with van der Waals surface area (Å²) in [5, 5.41) is 15.6. The molecule has 0 spiro atoms. The topological polar surface area (TPSA) is 147 Å². The number of benzene rings is 2. The molecule has 11 nitrogen and oxygen atoms in total. The highest BCUT2D eigenvalue weighted by atomic mass is 19.1. The first-order valence-electron chi connectivity index (χ1n) is 13.8. The van der Waals surface area contributed by atoms with E-state index in [9.17, 15) is 19.1 Å². The maximum Gasteiger partial charge on any atom is 0.254 e. The number of imidazole rings is 1. The molecule has 0 bridgehead atoms. The number of aliphatic hydroxyl groups excluding tert-OH is 1. The number of hydrogen-bond acceptors (Lipinski definition) is 8. The minimum absolute atomic E-state index is 0.0821. The van der Waals surface area contributed by atoms with E-state index in [0.29, 0.717) is 54.2 Å². The third-order valence-electron chi connectivity index (χ3n) is 7.53. The lowest BCUT2D eigenvalue weighted by molar-refractivity contribution is -0.126. The van der Waals surface area contributed by atoms with Gasteiger partial charge in [-0.1, -0.05) is 0 Å². The van der Waals surface area contributed by atoms with Gasteiger partial charge in [0.05, 0.1) is 25.1 Å². The van der Waals surface area contributed by atoms with Crippen molar-refractivity contribution >= 4 is 29.0 Å². The number of aliphatic hydroxyl groups is 1. The molecule has 2 amide bonds. The van der Waals surface area contributed by atoms with Crippen molar-refractivity contribution in [1.29, 1.82) is 0 Å². The number of halogens is 1. The number of nitrogens with two attached hydrogens (primary N) is 1. The van der Waals surface area contributed by atoms with Gasteiger partial charge < -0.3 is 31.1 Å². The highest BCUT2D eigenvalue weighted by Crippen LogP contribution is 2.29. The number of nitrogens with one attached hydrogen (secondary N) is 2. The Labute approximate surface area is 242 Å². The average molecular weight is 576 g/mol. The summed E-state index contributed by atoms with van der Waals surface area (Å²) in [6.45, 7) is 3.04. The largest absolute Gasteiger partial charge is 0.494 e. The molecule has 1 aliphatic rings. The zero-order chi connectivity index (χ0) is 29.8. The van der Waals surface area contributed by atoms with Crippen molar-refractivity contribution in [1.82, 2.24) is 24.6 Å². The Morgan fingerprint density at radius 1 is 1.19 bits per heavy atom. The summed E-state index contributed by atoms with van der Waals surface area (Å²) in [5.41, 5.74) is 9.41. The van der Waals surface area contributed by atoms with Crippen molar-refractivity contribution in [3.63, 3.8) is 0 Å². The fourth-order valence-electron chi connectivity index (χ4n) is 5.13. The van der Waals surface area contributed by atoms with Gasteiger partial charge in [-0.15, -0.1) is 0 Å². The number of ether oxygens (including phenoxy) is 1. The minimum Gasteiger partial charge on any atom is -0.494 e. The number of aromatic nitrogens is 3. The van der Waals surface area contributed by atoms with Crippen molar-refractivity contribution < 1.29 is 23.8 Å². The highest BCUT2D eigenvalue weighted by molar-refractivity contribution is 5.96. The first-order chi connectivity index (χ1) is 20.3. The minimum atomic E-state index is -0.762. The number of hydrogen-bond donors (Lipinski definition) is 4. The number of amides is 2. The fourth-order valence-corrected chi connectivity index (χ4v) is 5.13. The van der Waals surface area contributed by atoms with Crippen LogP contribution in [-0.2, 0) is 4.79 Å². The molecular formula is C30H34FN7O4. The predicted octanol–water partition coefficient (Wildman–Crippen LogP) is 2.88. The van der Waals surface area contributed by atoms with Gasteiger partial charge in [0.1, 0.15) is 0 Å². The molecule has 12 heteroatoms. The van der Waals surface area contributed by atoms with Crippen LogP contribution in [0.25, 0.3) is 16.9 Å².